The molecule has 5 rings (SSSR count). The van der Waals surface area contributed by atoms with Crippen molar-refractivity contribution in [2.75, 3.05) is 6.54 Å². The molecule has 1 saturated carbocycles. The Morgan fingerprint density at radius 2 is 2.16 bits per heavy atom. The fourth-order valence-corrected chi connectivity index (χ4v) is 5.02. The van der Waals surface area contributed by atoms with Gasteiger partial charge in [-0.15, -0.1) is 0 Å². The summed E-state index contributed by atoms with van der Waals surface area (Å²) < 4.78 is 7.20. The third-order valence-corrected chi connectivity index (χ3v) is 6.57. The van der Waals surface area contributed by atoms with Crippen LogP contribution < -0.4 is 10.9 Å². The topological polar surface area (TPSA) is 103 Å². The smallest absolute Gasteiger partial charge is 0.271 e. The molecule has 9 heteroatoms. The minimum absolute atomic E-state index is 0.00524. The van der Waals surface area contributed by atoms with Crippen molar-refractivity contribution < 1.29 is 9.32 Å². The number of benzene rings is 1. The monoisotopic (exact) mass is 451 g/mol. The highest BCUT2D eigenvalue weighted by Gasteiger charge is 2.28. The zero-order valence-electron chi connectivity index (χ0n) is 17.5. The predicted octanol–water partition coefficient (Wildman–Crippen LogP) is 4.06. The van der Waals surface area contributed by atoms with E-state index in [2.05, 4.69) is 20.4 Å². The highest BCUT2D eigenvalue weighted by molar-refractivity contribution is 6.37. The standard InChI is InChI=1S/C23H22ClN5O3/c1-13-19-21(28-32-13)20-16(24)6-3-7-18(20)29(23(19)31)15-5-2-4-14(10-15)11-27-22(30)17-12-25-8-9-26-17/h3,6-9,12,14-15H,2,4-5,10-11H2,1H3,(H,27,30)/t14-,15+/m1/s1. The first-order valence-corrected chi connectivity index (χ1v) is 11.0. The molecule has 0 spiro atoms. The Hall–Kier alpha value is -3.26. The summed E-state index contributed by atoms with van der Waals surface area (Å²) in [7, 11) is 0. The summed E-state index contributed by atoms with van der Waals surface area (Å²) in [6.45, 7) is 2.27. The van der Waals surface area contributed by atoms with Crippen LogP contribution in [0.5, 0.6) is 0 Å². The molecule has 164 valence electrons. The normalized spacial score (nSPS) is 18.8. The van der Waals surface area contributed by atoms with Crippen molar-refractivity contribution in [1.29, 1.82) is 0 Å². The van der Waals surface area contributed by atoms with Crippen LogP contribution in [0.25, 0.3) is 21.8 Å². The highest BCUT2D eigenvalue weighted by atomic mass is 35.5. The summed E-state index contributed by atoms with van der Waals surface area (Å²) in [6, 6.07) is 5.55. The van der Waals surface area contributed by atoms with Crippen LogP contribution in [-0.4, -0.2) is 32.1 Å². The lowest BCUT2D eigenvalue weighted by Crippen LogP contribution is -2.35. The van der Waals surface area contributed by atoms with E-state index in [1.54, 1.807) is 13.0 Å². The number of aromatic nitrogens is 4. The van der Waals surface area contributed by atoms with E-state index in [1.165, 1.54) is 18.6 Å². The fraction of sp³-hybridized carbons (Fsp3) is 0.348. The number of hydrogen-bond acceptors (Lipinski definition) is 6. The van der Waals surface area contributed by atoms with E-state index in [9.17, 15) is 9.59 Å². The second kappa shape index (κ2) is 8.35. The number of hydrogen-bond donors (Lipinski definition) is 1. The molecule has 0 saturated heterocycles. The number of amides is 1. The Bertz CT molecular complexity index is 1370. The van der Waals surface area contributed by atoms with Gasteiger partial charge in [-0.05, 0) is 44.2 Å². The number of halogens is 1. The SMILES string of the molecule is Cc1onc2c1c(=O)n([C@H]1CCC[C@@H](CNC(=O)c3cnccn3)C1)c1cccc(Cl)c21. The van der Waals surface area contributed by atoms with Gasteiger partial charge in [0.25, 0.3) is 11.5 Å². The molecule has 1 N–H and O–H groups in total. The third-order valence-electron chi connectivity index (χ3n) is 6.25. The average molecular weight is 452 g/mol. The summed E-state index contributed by atoms with van der Waals surface area (Å²) in [6.07, 6.45) is 8.09. The Morgan fingerprint density at radius 1 is 1.28 bits per heavy atom. The van der Waals surface area contributed by atoms with Crippen LogP contribution in [0.3, 0.4) is 0 Å². The maximum atomic E-state index is 13.5. The number of nitrogens with one attached hydrogen (secondary N) is 1. The summed E-state index contributed by atoms with van der Waals surface area (Å²) in [4.78, 5) is 33.9. The van der Waals surface area contributed by atoms with Gasteiger partial charge in [-0.2, -0.15) is 0 Å². The van der Waals surface area contributed by atoms with Gasteiger partial charge >= 0.3 is 0 Å². The van der Waals surface area contributed by atoms with Crippen LogP contribution in [0, 0.1) is 12.8 Å². The first-order chi connectivity index (χ1) is 15.5. The van der Waals surface area contributed by atoms with Crippen LogP contribution in [0.4, 0.5) is 0 Å². The largest absolute Gasteiger partial charge is 0.360 e. The van der Waals surface area contributed by atoms with Gasteiger partial charge in [0, 0.05) is 30.4 Å². The van der Waals surface area contributed by atoms with E-state index >= 15 is 0 Å². The average Bonchev–Trinajstić information content (AvgIpc) is 3.20. The maximum Gasteiger partial charge on any atom is 0.271 e. The van der Waals surface area contributed by atoms with Gasteiger partial charge in [0.2, 0.25) is 0 Å². The van der Waals surface area contributed by atoms with E-state index in [0.29, 0.717) is 33.9 Å². The number of nitrogens with zero attached hydrogens (tertiary/aromatic N) is 4. The molecule has 2 atom stereocenters. The quantitative estimate of drug-likeness (QED) is 0.502. The van der Waals surface area contributed by atoms with Crippen LogP contribution in [-0.2, 0) is 0 Å². The summed E-state index contributed by atoms with van der Waals surface area (Å²) in [5.74, 6) is 0.495. The molecule has 3 aromatic heterocycles. The zero-order valence-corrected chi connectivity index (χ0v) is 18.3. The molecule has 1 aliphatic rings. The second-order valence-corrected chi connectivity index (χ2v) is 8.67. The van der Waals surface area contributed by atoms with E-state index in [1.807, 2.05) is 16.7 Å². The van der Waals surface area contributed by atoms with Gasteiger partial charge in [-0.25, -0.2) is 4.98 Å². The number of fused-ring (bicyclic) bond motifs is 3. The van der Waals surface area contributed by atoms with Crippen LogP contribution in [0.1, 0.15) is 48.0 Å². The van der Waals surface area contributed by atoms with E-state index in [4.69, 9.17) is 16.1 Å². The highest BCUT2D eigenvalue weighted by Crippen LogP contribution is 2.36. The molecule has 0 radical (unpaired) electrons. The first-order valence-electron chi connectivity index (χ1n) is 10.7. The number of aryl methyl sites for hydroxylation is 1. The van der Waals surface area contributed by atoms with Crippen molar-refractivity contribution >= 4 is 39.3 Å². The Balaban J connectivity index is 1.46. The fourth-order valence-electron chi connectivity index (χ4n) is 4.76. The van der Waals surface area contributed by atoms with Gasteiger partial charge in [-0.3, -0.25) is 14.6 Å². The van der Waals surface area contributed by atoms with Gasteiger partial charge in [-0.1, -0.05) is 29.2 Å². The van der Waals surface area contributed by atoms with Gasteiger partial charge < -0.3 is 14.4 Å². The molecule has 0 unspecified atom stereocenters. The van der Waals surface area contributed by atoms with Crippen LogP contribution >= 0.6 is 11.6 Å². The molecule has 3 heterocycles. The predicted molar refractivity (Wildman–Crippen MR) is 121 cm³/mol. The zero-order chi connectivity index (χ0) is 22.2. The summed E-state index contributed by atoms with van der Waals surface area (Å²) in [5.41, 5.74) is 1.46. The Labute approximate surface area is 188 Å². The van der Waals surface area contributed by atoms with Crippen LogP contribution in [0.15, 0.2) is 46.1 Å². The minimum Gasteiger partial charge on any atom is -0.360 e. The molecule has 0 aliphatic heterocycles. The molecule has 32 heavy (non-hydrogen) atoms. The molecule has 1 aromatic carbocycles. The Kier molecular flexibility index (Phi) is 5.38. The van der Waals surface area contributed by atoms with Crippen LogP contribution in [0.2, 0.25) is 5.02 Å². The summed E-state index contributed by atoms with van der Waals surface area (Å²) in [5, 5.41) is 8.83. The molecule has 1 amide bonds. The molecular formula is C23H22ClN5O3. The lowest BCUT2D eigenvalue weighted by molar-refractivity contribution is 0.0935. The van der Waals surface area contributed by atoms with Gasteiger partial charge in [0.15, 0.2) is 0 Å². The maximum absolute atomic E-state index is 13.5. The van der Waals surface area contributed by atoms with Crippen molar-refractivity contribution in [2.24, 2.45) is 5.92 Å². The Morgan fingerprint density at radius 3 is 2.97 bits per heavy atom. The number of carbonyl (C=O) groups excluding carboxylic acids is 1. The van der Waals surface area contributed by atoms with E-state index in [0.717, 1.165) is 36.6 Å². The molecule has 1 fully saturated rings. The van der Waals surface area contributed by atoms with Crippen molar-refractivity contribution in [2.45, 2.75) is 38.6 Å². The van der Waals surface area contributed by atoms with Crippen molar-refractivity contribution in [3.05, 3.63) is 63.6 Å². The molecular weight excluding hydrogens is 430 g/mol. The molecule has 4 aromatic rings. The van der Waals surface area contributed by atoms with Gasteiger partial charge in [0.05, 0.1) is 16.7 Å². The number of pyridine rings is 1. The van der Waals surface area contributed by atoms with E-state index < -0.39 is 0 Å². The van der Waals surface area contributed by atoms with Crippen molar-refractivity contribution in [3.63, 3.8) is 0 Å². The summed E-state index contributed by atoms with van der Waals surface area (Å²) >= 11 is 6.52. The van der Waals surface area contributed by atoms with Gasteiger partial charge in [0.1, 0.15) is 22.4 Å². The lowest BCUT2D eigenvalue weighted by atomic mass is 9.85. The number of rotatable bonds is 4. The van der Waals surface area contributed by atoms with Crippen molar-refractivity contribution in [3.8, 4) is 0 Å². The molecule has 1 aliphatic carbocycles. The molecule has 0 bridgehead atoms. The van der Waals surface area contributed by atoms with E-state index in [-0.39, 0.29) is 23.4 Å². The number of carbonyl (C=O) groups is 1. The minimum atomic E-state index is -0.240. The van der Waals surface area contributed by atoms with Crippen molar-refractivity contribution in [1.82, 2.24) is 25.0 Å². The molecule has 8 nitrogen and oxygen atoms in total. The lowest BCUT2D eigenvalue weighted by Gasteiger charge is -2.31. The first kappa shape index (κ1) is 20.6. The third kappa shape index (κ3) is 3.54. The second-order valence-electron chi connectivity index (χ2n) is 8.26.